The van der Waals surface area contributed by atoms with Gasteiger partial charge in [0.2, 0.25) is 5.88 Å². The van der Waals surface area contributed by atoms with Crippen LogP contribution in [-0.4, -0.2) is 23.0 Å². The van der Waals surface area contributed by atoms with Gasteiger partial charge in [0.05, 0.1) is 0 Å². The van der Waals surface area contributed by atoms with Crippen LogP contribution in [0, 0.1) is 0 Å². The van der Waals surface area contributed by atoms with E-state index in [1.54, 1.807) is 6.07 Å². The van der Waals surface area contributed by atoms with Gasteiger partial charge in [-0.1, -0.05) is 12.2 Å². The van der Waals surface area contributed by atoms with E-state index in [1.165, 1.54) is 12.3 Å². The highest BCUT2D eigenvalue weighted by Crippen LogP contribution is 2.10. The Kier molecular flexibility index (Phi) is 3.70. The number of hydrogen-bond donors (Lipinski definition) is 1. The molecule has 14 heavy (non-hydrogen) atoms. The summed E-state index contributed by atoms with van der Waals surface area (Å²) in [6.45, 7) is -0.687. The van der Waals surface area contributed by atoms with Crippen molar-refractivity contribution in [2.75, 3.05) is 6.61 Å². The fraction of sp³-hybridized carbons (Fsp3) is 0.250. The van der Waals surface area contributed by atoms with Crippen molar-refractivity contribution >= 4 is 17.2 Å². The number of rotatable bonds is 4. The number of pyridine rings is 1. The number of hydrogen-bond acceptors (Lipinski definition) is 3. The lowest BCUT2D eigenvalue weighted by atomic mass is 10.3. The molecule has 0 fully saturated rings. The molecule has 0 aromatic carbocycles. The Bertz CT molecular complexity index is 333. The first-order valence-corrected chi connectivity index (χ1v) is 4.17. The van der Waals surface area contributed by atoms with E-state index in [1.807, 2.05) is 0 Å². The maximum atomic E-state index is 11.8. The monoisotopic (exact) mass is 218 g/mol. The topological polar surface area (TPSA) is 48.1 Å². The van der Waals surface area contributed by atoms with Crippen LogP contribution in [-0.2, 0) is 0 Å². The number of nitrogens with zero attached hydrogens (tertiary/aromatic N) is 1. The lowest BCUT2D eigenvalue weighted by Gasteiger charge is -2.05. The molecule has 3 nitrogen and oxygen atoms in total. The highest BCUT2D eigenvalue weighted by molar-refractivity contribution is 7.80. The van der Waals surface area contributed by atoms with E-state index in [2.05, 4.69) is 9.72 Å². The summed E-state index contributed by atoms with van der Waals surface area (Å²) in [4.78, 5) is 3.90. The van der Waals surface area contributed by atoms with Gasteiger partial charge in [-0.2, -0.15) is 0 Å². The third kappa shape index (κ3) is 3.21. The molecule has 1 aromatic rings. The number of ether oxygens (including phenoxy) is 1. The van der Waals surface area contributed by atoms with Crippen LogP contribution in [0.3, 0.4) is 0 Å². The first-order chi connectivity index (χ1) is 6.59. The zero-order chi connectivity index (χ0) is 10.6. The lowest BCUT2D eigenvalue weighted by molar-refractivity contribution is 0.0796. The summed E-state index contributed by atoms with van der Waals surface area (Å²) in [6, 6.07) is 3.00. The molecule has 2 N–H and O–H groups in total. The van der Waals surface area contributed by atoms with Crippen LogP contribution in [0.2, 0.25) is 0 Å². The van der Waals surface area contributed by atoms with Crippen molar-refractivity contribution in [2.24, 2.45) is 5.73 Å². The maximum absolute atomic E-state index is 11.8. The van der Waals surface area contributed by atoms with E-state index in [0.29, 0.717) is 5.56 Å². The van der Waals surface area contributed by atoms with Crippen molar-refractivity contribution < 1.29 is 13.5 Å². The Balaban J connectivity index is 2.69. The first-order valence-electron chi connectivity index (χ1n) is 3.76. The number of alkyl halides is 2. The Morgan fingerprint density at radius 2 is 2.36 bits per heavy atom. The predicted octanol–water partition coefficient (Wildman–Crippen LogP) is 1.36. The zero-order valence-corrected chi connectivity index (χ0v) is 7.93. The van der Waals surface area contributed by atoms with E-state index in [9.17, 15) is 8.78 Å². The summed E-state index contributed by atoms with van der Waals surface area (Å²) < 4.78 is 28.2. The van der Waals surface area contributed by atoms with Crippen molar-refractivity contribution in [1.29, 1.82) is 0 Å². The lowest BCUT2D eigenvalue weighted by Crippen LogP contribution is -2.11. The number of halogens is 2. The molecule has 0 saturated heterocycles. The summed E-state index contributed by atoms with van der Waals surface area (Å²) in [7, 11) is 0. The van der Waals surface area contributed by atoms with E-state index >= 15 is 0 Å². The minimum absolute atomic E-state index is 0.0931. The molecule has 0 aliphatic heterocycles. The third-order valence-electron chi connectivity index (χ3n) is 1.38. The SMILES string of the molecule is NC(=S)c1ccnc(OCC(F)F)c1. The summed E-state index contributed by atoms with van der Waals surface area (Å²) >= 11 is 4.70. The third-order valence-corrected chi connectivity index (χ3v) is 1.61. The summed E-state index contributed by atoms with van der Waals surface area (Å²) in [5.74, 6) is 0.0931. The molecular formula is C8H8F2N2OS. The average molecular weight is 218 g/mol. The highest BCUT2D eigenvalue weighted by Gasteiger charge is 2.05. The number of aromatic nitrogens is 1. The van der Waals surface area contributed by atoms with Gasteiger partial charge in [0.15, 0.2) is 6.61 Å². The normalized spacial score (nSPS) is 10.2. The van der Waals surface area contributed by atoms with Gasteiger partial charge in [-0.05, 0) is 6.07 Å². The first kappa shape index (κ1) is 10.8. The van der Waals surface area contributed by atoms with Crippen LogP contribution >= 0.6 is 12.2 Å². The minimum atomic E-state index is -2.52. The number of nitrogens with two attached hydrogens (primary N) is 1. The van der Waals surface area contributed by atoms with Crippen LogP contribution in [0.1, 0.15) is 5.56 Å². The highest BCUT2D eigenvalue weighted by atomic mass is 32.1. The van der Waals surface area contributed by atoms with Crippen LogP contribution < -0.4 is 10.5 Å². The number of thiocarbonyl (C=S) groups is 1. The van der Waals surface area contributed by atoms with E-state index in [0.717, 1.165) is 0 Å². The molecule has 0 atom stereocenters. The average Bonchev–Trinajstić information content (AvgIpc) is 2.15. The summed E-state index contributed by atoms with van der Waals surface area (Å²) in [6.07, 6.45) is -1.12. The van der Waals surface area contributed by atoms with Crippen molar-refractivity contribution in [3.8, 4) is 5.88 Å². The van der Waals surface area contributed by atoms with Crippen molar-refractivity contribution in [3.63, 3.8) is 0 Å². The molecule has 0 radical (unpaired) electrons. The Morgan fingerprint density at radius 3 is 2.93 bits per heavy atom. The summed E-state index contributed by atoms with van der Waals surface area (Å²) in [5.41, 5.74) is 5.88. The molecule has 0 bridgehead atoms. The second-order valence-corrected chi connectivity index (χ2v) is 2.89. The zero-order valence-electron chi connectivity index (χ0n) is 7.11. The van der Waals surface area contributed by atoms with Crippen molar-refractivity contribution in [3.05, 3.63) is 23.9 Å². The minimum Gasteiger partial charge on any atom is -0.472 e. The molecule has 1 aromatic heterocycles. The molecule has 1 rings (SSSR count). The molecule has 0 unspecified atom stereocenters. The van der Waals surface area contributed by atoms with Crippen molar-refractivity contribution in [2.45, 2.75) is 6.43 Å². The molecule has 76 valence electrons. The van der Waals surface area contributed by atoms with E-state index in [-0.39, 0.29) is 10.9 Å². The van der Waals surface area contributed by atoms with Gasteiger partial charge in [-0.25, -0.2) is 13.8 Å². The van der Waals surface area contributed by atoms with Crippen LogP contribution in [0.4, 0.5) is 8.78 Å². The molecule has 0 amide bonds. The van der Waals surface area contributed by atoms with Gasteiger partial charge in [0, 0.05) is 17.8 Å². The quantitative estimate of drug-likeness (QED) is 0.775. The Labute approximate surface area is 84.9 Å². The smallest absolute Gasteiger partial charge is 0.272 e. The van der Waals surface area contributed by atoms with Gasteiger partial charge < -0.3 is 10.5 Å². The molecule has 0 spiro atoms. The molecule has 0 aliphatic carbocycles. The Hall–Kier alpha value is -1.30. The van der Waals surface area contributed by atoms with E-state index < -0.39 is 13.0 Å². The molecular weight excluding hydrogens is 210 g/mol. The fourth-order valence-corrected chi connectivity index (χ4v) is 0.917. The van der Waals surface area contributed by atoms with Gasteiger partial charge >= 0.3 is 0 Å². The predicted molar refractivity (Wildman–Crippen MR) is 51.6 cm³/mol. The van der Waals surface area contributed by atoms with Crippen LogP contribution in [0.25, 0.3) is 0 Å². The Morgan fingerprint density at radius 1 is 1.64 bits per heavy atom. The molecule has 0 saturated carbocycles. The van der Waals surface area contributed by atoms with Gasteiger partial charge in [-0.15, -0.1) is 0 Å². The van der Waals surface area contributed by atoms with Crippen LogP contribution in [0.5, 0.6) is 5.88 Å². The van der Waals surface area contributed by atoms with E-state index in [4.69, 9.17) is 18.0 Å². The van der Waals surface area contributed by atoms with Crippen LogP contribution in [0.15, 0.2) is 18.3 Å². The van der Waals surface area contributed by atoms with Crippen molar-refractivity contribution in [1.82, 2.24) is 4.98 Å². The van der Waals surface area contributed by atoms with Gasteiger partial charge in [-0.3, -0.25) is 0 Å². The molecule has 6 heteroatoms. The fourth-order valence-electron chi connectivity index (χ4n) is 0.790. The molecule has 0 aliphatic rings. The van der Waals surface area contributed by atoms with Gasteiger partial charge in [0.25, 0.3) is 6.43 Å². The standard InChI is InChI=1S/C8H8F2N2OS/c9-6(10)4-13-7-3-5(8(11)14)1-2-12-7/h1-3,6H,4H2,(H2,11,14). The maximum Gasteiger partial charge on any atom is 0.272 e. The van der Waals surface area contributed by atoms with Gasteiger partial charge in [0.1, 0.15) is 4.99 Å². The molecule has 1 heterocycles. The second kappa shape index (κ2) is 4.80. The largest absolute Gasteiger partial charge is 0.472 e. The second-order valence-electron chi connectivity index (χ2n) is 2.45. The summed E-state index contributed by atoms with van der Waals surface area (Å²) in [5, 5.41) is 0.